The van der Waals surface area contributed by atoms with Crippen LogP contribution in [0.4, 0.5) is 11.4 Å². The highest BCUT2D eigenvalue weighted by Crippen LogP contribution is 2.34. The lowest BCUT2D eigenvalue weighted by atomic mass is 10.1. The molecule has 1 aliphatic heterocycles. The van der Waals surface area contributed by atoms with Crippen molar-refractivity contribution < 1.29 is 9.72 Å². The Morgan fingerprint density at radius 3 is 2.86 bits per heavy atom. The zero-order chi connectivity index (χ0) is 10.3. The molecular formula is C8H5ClN2O3. The average Bonchev–Trinajstić information content (AvgIpc) is 2.45. The molecule has 5 nitrogen and oxygen atoms in total. The third kappa shape index (κ3) is 1.31. The molecule has 0 aliphatic carbocycles. The number of nitro benzene ring substituents is 1. The normalized spacial score (nSPS) is 13.6. The molecule has 0 aromatic heterocycles. The van der Waals surface area contributed by atoms with Crippen LogP contribution >= 0.6 is 11.6 Å². The number of hydrogen-bond donors (Lipinski definition) is 1. The third-order valence-corrected chi connectivity index (χ3v) is 2.28. The summed E-state index contributed by atoms with van der Waals surface area (Å²) >= 11 is 5.77. The van der Waals surface area contributed by atoms with Crippen LogP contribution in [0.2, 0.25) is 5.02 Å². The Balaban J connectivity index is 2.56. The Kier molecular flexibility index (Phi) is 1.89. The maximum Gasteiger partial charge on any atom is 0.271 e. The number of hydrogen-bond acceptors (Lipinski definition) is 3. The number of carbonyl (C=O) groups excluding carboxylic acids is 1. The molecule has 6 heteroatoms. The minimum Gasteiger partial charge on any atom is -0.324 e. The molecule has 0 fully saturated rings. The molecule has 0 saturated heterocycles. The van der Waals surface area contributed by atoms with Gasteiger partial charge in [0.15, 0.2) is 0 Å². The van der Waals surface area contributed by atoms with Crippen molar-refractivity contribution in [2.24, 2.45) is 0 Å². The molecule has 1 heterocycles. The Bertz CT molecular complexity index is 444. The van der Waals surface area contributed by atoms with Gasteiger partial charge in [-0.05, 0) is 5.56 Å². The van der Waals surface area contributed by atoms with E-state index in [-0.39, 0.29) is 23.0 Å². The number of benzene rings is 1. The van der Waals surface area contributed by atoms with Gasteiger partial charge in [0.05, 0.1) is 22.1 Å². The number of nitro groups is 1. The number of carbonyl (C=O) groups is 1. The van der Waals surface area contributed by atoms with Crippen LogP contribution in [-0.2, 0) is 11.2 Å². The van der Waals surface area contributed by atoms with Crippen molar-refractivity contribution in [3.63, 3.8) is 0 Å². The van der Waals surface area contributed by atoms with Gasteiger partial charge in [-0.15, -0.1) is 0 Å². The van der Waals surface area contributed by atoms with Crippen LogP contribution in [0.5, 0.6) is 0 Å². The molecule has 1 amide bonds. The van der Waals surface area contributed by atoms with Crippen molar-refractivity contribution in [3.05, 3.63) is 32.8 Å². The minimum atomic E-state index is -0.533. The summed E-state index contributed by atoms with van der Waals surface area (Å²) in [4.78, 5) is 20.9. The van der Waals surface area contributed by atoms with Crippen molar-refractivity contribution in [2.45, 2.75) is 6.42 Å². The van der Waals surface area contributed by atoms with Gasteiger partial charge in [0, 0.05) is 12.1 Å². The first kappa shape index (κ1) is 8.96. The van der Waals surface area contributed by atoms with E-state index in [2.05, 4.69) is 5.32 Å². The van der Waals surface area contributed by atoms with Gasteiger partial charge in [-0.25, -0.2) is 0 Å². The Morgan fingerprint density at radius 1 is 1.50 bits per heavy atom. The molecule has 1 aromatic carbocycles. The summed E-state index contributed by atoms with van der Waals surface area (Å²) in [5.41, 5.74) is 0.974. The van der Waals surface area contributed by atoms with E-state index in [1.54, 1.807) is 0 Å². The standard InChI is InChI=1S/C8H5ClN2O3/c9-6-3-5(11(13)14)1-4-2-7(12)10-8(4)6/h1,3H,2H2,(H,10,12). The molecule has 14 heavy (non-hydrogen) atoms. The van der Waals surface area contributed by atoms with E-state index in [0.29, 0.717) is 11.3 Å². The molecular weight excluding hydrogens is 208 g/mol. The lowest BCUT2D eigenvalue weighted by Gasteiger charge is -2.00. The van der Waals surface area contributed by atoms with E-state index in [9.17, 15) is 14.9 Å². The number of fused-ring (bicyclic) bond motifs is 1. The lowest BCUT2D eigenvalue weighted by molar-refractivity contribution is -0.384. The van der Waals surface area contributed by atoms with Crippen molar-refractivity contribution in [2.75, 3.05) is 5.32 Å². The van der Waals surface area contributed by atoms with E-state index in [1.807, 2.05) is 0 Å². The van der Waals surface area contributed by atoms with Crippen molar-refractivity contribution in [3.8, 4) is 0 Å². The number of amides is 1. The molecule has 1 N–H and O–H groups in total. The highest BCUT2D eigenvalue weighted by atomic mass is 35.5. The summed E-state index contributed by atoms with van der Waals surface area (Å²) in [6.45, 7) is 0. The number of anilines is 1. The Labute approximate surface area is 83.8 Å². The highest BCUT2D eigenvalue weighted by Gasteiger charge is 2.23. The fourth-order valence-corrected chi connectivity index (χ4v) is 1.67. The number of nitrogens with zero attached hydrogens (tertiary/aromatic N) is 1. The predicted octanol–water partition coefficient (Wildman–Crippen LogP) is 1.74. The van der Waals surface area contributed by atoms with Crippen LogP contribution in [0.1, 0.15) is 5.56 Å². The summed E-state index contributed by atoms with van der Waals surface area (Å²) in [6.07, 6.45) is 0.150. The monoisotopic (exact) mass is 212 g/mol. The molecule has 0 atom stereocenters. The van der Waals surface area contributed by atoms with Crippen molar-refractivity contribution >= 4 is 28.9 Å². The summed E-state index contributed by atoms with van der Waals surface area (Å²) in [6, 6.07) is 2.59. The maximum absolute atomic E-state index is 11.0. The highest BCUT2D eigenvalue weighted by molar-refractivity contribution is 6.34. The fraction of sp³-hybridized carbons (Fsp3) is 0.125. The van der Waals surface area contributed by atoms with Crippen molar-refractivity contribution in [1.82, 2.24) is 0 Å². The van der Waals surface area contributed by atoms with E-state index in [4.69, 9.17) is 11.6 Å². The van der Waals surface area contributed by atoms with Crippen LogP contribution in [0.25, 0.3) is 0 Å². The van der Waals surface area contributed by atoms with Gasteiger partial charge in [-0.3, -0.25) is 14.9 Å². The zero-order valence-corrected chi connectivity index (χ0v) is 7.67. The van der Waals surface area contributed by atoms with Crippen LogP contribution in [0.15, 0.2) is 12.1 Å². The van der Waals surface area contributed by atoms with E-state index < -0.39 is 4.92 Å². The molecule has 0 bridgehead atoms. The SMILES string of the molecule is O=C1Cc2cc([N+](=O)[O-])cc(Cl)c2N1. The molecule has 0 spiro atoms. The number of rotatable bonds is 1. The lowest BCUT2D eigenvalue weighted by Crippen LogP contribution is -2.03. The number of halogens is 1. The van der Waals surface area contributed by atoms with E-state index in [0.717, 1.165) is 0 Å². The van der Waals surface area contributed by atoms with Gasteiger partial charge < -0.3 is 5.32 Å². The number of nitrogens with one attached hydrogen (secondary N) is 1. The van der Waals surface area contributed by atoms with Crippen LogP contribution < -0.4 is 5.32 Å². The van der Waals surface area contributed by atoms with Gasteiger partial charge >= 0.3 is 0 Å². The second-order valence-electron chi connectivity index (χ2n) is 2.94. The summed E-state index contributed by atoms with van der Waals surface area (Å²) < 4.78 is 0. The second kappa shape index (κ2) is 2.95. The van der Waals surface area contributed by atoms with Crippen LogP contribution in [0.3, 0.4) is 0 Å². The summed E-state index contributed by atoms with van der Waals surface area (Å²) in [5.74, 6) is -0.192. The zero-order valence-electron chi connectivity index (χ0n) is 6.91. The van der Waals surface area contributed by atoms with E-state index >= 15 is 0 Å². The molecule has 0 unspecified atom stereocenters. The molecule has 72 valence electrons. The average molecular weight is 213 g/mol. The molecule has 0 saturated carbocycles. The predicted molar refractivity (Wildman–Crippen MR) is 50.4 cm³/mol. The van der Waals surface area contributed by atoms with Gasteiger partial charge in [-0.1, -0.05) is 11.6 Å². The quantitative estimate of drug-likeness (QED) is 0.569. The Hall–Kier alpha value is -1.62. The van der Waals surface area contributed by atoms with Gasteiger partial charge in [-0.2, -0.15) is 0 Å². The fourth-order valence-electron chi connectivity index (χ4n) is 1.39. The number of non-ortho nitro benzene ring substituents is 1. The third-order valence-electron chi connectivity index (χ3n) is 1.98. The maximum atomic E-state index is 11.0. The largest absolute Gasteiger partial charge is 0.324 e. The minimum absolute atomic E-state index is 0.0924. The summed E-state index contributed by atoms with van der Waals surface area (Å²) in [5, 5.41) is 13.2. The van der Waals surface area contributed by atoms with Gasteiger partial charge in [0.2, 0.25) is 5.91 Å². The first-order chi connectivity index (χ1) is 6.58. The van der Waals surface area contributed by atoms with Gasteiger partial charge in [0.1, 0.15) is 0 Å². The molecule has 2 rings (SSSR count). The first-order valence-electron chi connectivity index (χ1n) is 3.84. The second-order valence-corrected chi connectivity index (χ2v) is 3.35. The van der Waals surface area contributed by atoms with Crippen LogP contribution in [0, 0.1) is 10.1 Å². The smallest absolute Gasteiger partial charge is 0.271 e. The molecule has 1 aromatic rings. The molecule has 0 radical (unpaired) electrons. The molecule has 1 aliphatic rings. The van der Waals surface area contributed by atoms with E-state index in [1.165, 1.54) is 12.1 Å². The Morgan fingerprint density at radius 2 is 2.21 bits per heavy atom. The van der Waals surface area contributed by atoms with Gasteiger partial charge in [0.25, 0.3) is 5.69 Å². The van der Waals surface area contributed by atoms with Crippen molar-refractivity contribution in [1.29, 1.82) is 0 Å². The topological polar surface area (TPSA) is 72.2 Å². The van der Waals surface area contributed by atoms with Crippen LogP contribution in [-0.4, -0.2) is 10.8 Å². The summed E-state index contributed by atoms with van der Waals surface area (Å²) in [7, 11) is 0. The first-order valence-corrected chi connectivity index (χ1v) is 4.22.